The first-order valence-corrected chi connectivity index (χ1v) is 5.77. The summed E-state index contributed by atoms with van der Waals surface area (Å²) < 4.78 is 4.85. The van der Waals surface area contributed by atoms with Crippen molar-refractivity contribution in [2.45, 2.75) is 19.3 Å². The minimum Gasteiger partial charge on any atom is -0.375 e. The van der Waals surface area contributed by atoms with Gasteiger partial charge in [0.25, 0.3) is 0 Å². The molecule has 5 heteroatoms. The normalized spacial score (nSPS) is 19.6. The molecule has 2 heterocycles. The molecular formula is C12H17N3O2. The van der Waals surface area contributed by atoms with Gasteiger partial charge in [-0.25, -0.2) is 9.97 Å². The van der Waals surface area contributed by atoms with Crippen LogP contribution < -0.4 is 0 Å². The Kier molecular flexibility index (Phi) is 3.68. The van der Waals surface area contributed by atoms with E-state index in [4.69, 9.17) is 4.74 Å². The van der Waals surface area contributed by atoms with Gasteiger partial charge in [0.1, 0.15) is 12.4 Å². The minimum absolute atomic E-state index is 0.0441. The highest BCUT2D eigenvalue weighted by Crippen LogP contribution is 2.24. The lowest BCUT2D eigenvalue weighted by molar-refractivity contribution is -0.134. The lowest BCUT2D eigenvalue weighted by Gasteiger charge is -2.15. The van der Waals surface area contributed by atoms with Crippen LogP contribution in [0.1, 0.15) is 23.9 Å². The molecule has 17 heavy (non-hydrogen) atoms. The Hall–Kier alpha value is -1.49. The maximum Gasteiger partial charge on any atom is 0.248 e. The van der Waals surface area contributed by atoms with E-state index in [-0.39, 0.29) is 18.4 Å². The number of methoxy groups -OCH3 is 1. The molecule has 0 aliphatic carbocycles. The van der Waals surface area contributed by atoms with Crippen LogP contribution in [0.3, 0.4) is 0 Å². The third-order valence-corrected chi connectivity index (χ3v) is 2.99. The van der Waals surface area contributed by atoms with Crippen molar-refractivity contribution < 1.29 is 9.53 Å². The Labute approximate surface area is 101 Å². The fourth-order valence-electron chi connectivity index (χ4n) is 2.08. The van der Waals surface area contributed by atoms with E-state index in [9.17, 15) is 4.79 Å². The monoisotopic (exact) mass is 235 g/mol. The molecular weight excluding hydrogens is 218 g/mol. The number of amides is 1. The van der Waals surface area contributed by atoms with Gasteiger partial charge >= 0.3 is 0 Å². The Morgan fingerprint density at radius 2 is 2.47 bits per heavy atom. The standard InChI is InChI=1S/C12H17N3O2/c1-9-3-5-13-12(14-9)10-4-6-15(7-10)11(16)8-17-2/h3,5,10H,4,6-8H2,1-2H3/t10-/m1/s1. The number of hydrogen-bond donors (Lipinski definition) is 0. The summed E-state index contributed by atoms with van der Waals surface area (Å²) >= 11 is 0. The highest BCUT2D eigenvalue weighted by Gasteiger charge is 2.28. The maximum absolute atomic E-state index is 11.6. The molecule has 0 bridgehead atoms. The first-order chi connectivity index (χ1) is 8.20. The van der Waals surface area contributed by atoms with E-state index < -0.39 is 0 Å². The zero-order valence-electron chi connectivity index (χ0n) is 10.2. The second-order valence-electron chi connectivity index (χ2n) is 4.31. The average Bonchev–Trinajstić information content (AvgIpc) is 2.78. The molecule has 1 aliphatic rings. The zero-order valence-corrected chi connectivity index (χ0v) is 10.2. The summed E-state index contributed by atoms with van der Waals surface area (Å²) in [6.07, 6.45) is 2.70. The molecule has 1 aromatic rings. The molecule has 0 radical (unpaired) electrons. The van der Waals surface area contributed by atoms with Crippen molar-refractivity contribution in [2.75, 3.05) is 26.8 Å². The summed E-state index contributed by atoms with van der Waals surface area (Å²) in [6.45, 7) is 3.57. The molecule has 92 valence electrons. The molecule has 1 atom stereocenters. The molecule has 0 saturated carbocycles. The fraction of sp³-hybridized carbons (Fsp3) is 0.583. The van der Waals surface area contributed by atoms with Gasteiger partial charge < -0.3 is 9.64 Å². The third kappa shape index (κ3) is 2.79. The van der Waals surface area contributed by atoms with Crippen LogP contribution in [0.25, 0.3) is 0 Å². The van der Waals surface area contributed by atoms with E-state index in [2.05, 4.69) is 9.97 Å². The van der Waals surface area contributed by atoms with Crippen LogP contribution in [0, 0.1) is 6.92 Å². The largest absolute Gasteiger partial charge is 0.375 e. The zero-order chi connectivity index (χ0) is 12.3. The minimum atomic E-state index is 0.0441. The van der Waals surface area contributed by atoms with Crippen molar-refractivity contribution >= 4 is 5.91 Å². The summed E-state index contributed by atoms with van der Waals surface area (Å²) in [7, 11) is 1.54. The number of ether oxygens (including phenoxy) is 1. The van der Waals surface area contributed by atoms with Crippen LogP contribution in [-0.4, -0.2) is 47.6 Å². The van der Waals surface area contributed by atoms with E-state index in [0.29, 0.717) is 6.54 Å². The number of likely N-dealkylation sites (tertiary alicyclic amines) is 1. The van der Waals surface area contributed by atoms with Gasteiger partial charge in [0, 0.05) is 38.0 Å². The Balaban J connectivity index is 2.00. The van der Waals surface area contributed by atoms with Crippen molar-refractivity contribution in [2.24, 2.45) is 0 Å². The lowest BCUT2D eigenvalue weighted by Crippen LogP contribution is -2.31. The summed E-state index contributed by atoms with van der Waals surface area (Å²) in [5.41, 5.74) is 0.969. The van der Waals surface area contributed by atoms with Crippen LogP contribution in [0.2, 0.25) is 0 Å². The van der Waals surface area contributed by atoms with E-state index in [0.717, 1.165) is 24.5 Å². The summed E-state index contributed by atoms with van der Waals surface area (Å²) in [6, 6.07) is 1.88. The fourth-order valence-corrected chi connectivity index (χ4v) is 2.08. The smallest absolute Gasteiger partial charge is 0.248 e. The molecule has 1 saturated heterocycles. The highest BCUT2D eigenvalue weighted by atomic mass is 16.5. The van der Waals surface area contributed by atoms with Crippen LogP contribution in [0.15, 0.2) is 12.3 Å². The molecule has 1 fully saturated rings. The van der Waals surface area contributed by atoms with Gasteiger partial charge in [0.2, 0.25) is 5.91 Å². The summed E-state index contributed by atoms with van der Waals surface area (Å²) in [5.74, 6) is 1.15. The number of rotatable bonds is 3. The highest BCUT2D eigenvalue weighted by molar-refractivity contribution is 5.77. The second kappa shape index (κ2) is 5.23. The number of hydrogen-bond acceptors (Lipinski definition) is 4. The molecule has 5 nitrogen and oxygen atoms in total. The van der Waals surface area contributed by atoms with Gasteiger partial charge in [0.05, 0.1) is 0 Å². The van der Waals surface area contributed by atoms with E-state index >= 15 is 0 Å². The molecule has 0 unspecified atom stereocenters. The molecule has 0 N–H and O–H groups in total. The Morgan fingerprint density at radius 3 is 3.18 bits per heavy atom. The predicted molar refractivity (Wildman–Crippen MR) is 62.6 cm³/mol. The van der Waals surface area contributed by atoms with Crippen molar-refractivity contribution in [3.05, 3.63) is 23.8 Å². The SMILES string of the molecule is COCC(=O)N1CC[C@@H](c2nccc(C)n2)C1. The topological polar surface area (TPSA) is 55.3 Å². The molecule has 0 aromatic carbocycles. The maximum atomic E-state index is 11.6. The van der Waals surface area contributed by atoms with Gasteiger partial charge in [-0.3, -0.25) is 4.79 Å². The van der Waals surface area contributed by atoms with Crippen LogP contribution in [-0.2, 0) is 9.53 Å². The van der Waals surface area contributed by atoms with Crippen molar-refractivity contribution in [3.8, 4) is 0 Å². The van der Waals surface area contributed by atoms with Gasteiger partial charge in [-0.15, -0.1) is 0 Å². The van der Waals surface area contributed by atoms with Crippen LogP contribution in [0.4, 0.5) is 0 Å². The van der Waals surface area contributed by atoms with Crippen molar-refractivity contribution in [1.29, 1.82) is 0 Å². The number of carbonyl (C=O) groups excluding carboxylic acids is 1. The number of aromatic nitrogens is 2. The van der Waals surface area contributed by atoms with E-state index in [1.807, 2.05) is 17.9 Å². The van der Waals surface area contributed by atoms with E-state index in [1.165, 1.54) is 7.11 Å². The lowest BCUT2D eigenvalue weighted by atomic mass is 10.1. The molecule has 1 amide bonds. The molecule has 2 rings (SSSR count). The Morgan fingerprint density at radius 1 is 1.65 bits per heavy atom. The van der Waals surface area contributed by atoms with Gasteiger partial charge in [-0.1, -0.05) is 0 Å². The van der Waals surface area contributed by atoms with Crippen molar-refractivity contribution in [3.63, 3.8) is 0 Å². The van der Waals surface area contributed by atoms with Gasteiger partial charge in [-0.2, -0.15) is 0 Å². The second-order valence-corrected chi connectivity index (χ2v) is 4.31. The number of nitrogens with zero attached hydrogens (tertiary/aromatic N) is 3. The Bertz CT molecular complexity index is 408. The van der Waals surface area contributed by atoms with Gasteiger partial charge in [-0.05, 0) is 19.4 Å². The third-order valence-electron chi connectivity index (χ3n) is 2.99. The molecule has 0 spiro atoms. The van der Waals surface area contributed by atoms with E-state index in [1.54, 1.807) is 6.20 Å². The molecule has 1 aliphatic heterocycles. The van der Waals surface area contributed by atoms with Crippen LogP contribution >= 0.6 is 0 Å². The van der Waals surface area contributed by atoms with Crippen LogP contribution in [0.5, 0.6) is 0 Å². The summed E-state index contributed by atoms with van der Waals surface area (Å²) in [4.78, 5) is 22.2. The first kappa shape index (κ1) is 12.0. The molecule has 1 aromatic heterocycles. The average molecular weight is 235 g/mol. The predicted octanol–water partition coefficient (Wildman–Crippen LogP) is 0.747. The number of carbonyl (C=O) groups is 1. The number of aryl methyl sites for hydroxylation is 1. The first-order valence-electron chi connectivity index (χ1n) is 5.77. The summed E-state index contributed by atoms with van der Waals surface area (Å²) in [5, 5.41) is 0. The van der Waals surface area contributed by atoms with Crippen molar-refractivity contribution in [1.82, 2.24) is 14.9 Å². The quantitative estimate of drug-likeness (QED) is 0.775. The van der Waals surface area contributed by atoms with Gasteiger partial charge in [0.15, 0.2) is 0 Å².